The molecule has 1 atom stereocenters. The monoisotopic (exact) mass is 261 g/mol. The summed E-state index contributed by atoms with van der Waals surface area (Å²) in [6.07, 6.45) is 1.57. The molecule has 1 aromatic rings. The minimum absolute atomic E-state index is 0.285. The molecule has 0 saturated carbocycles. The van der Waals surface area contributed by atoms with Gasteiger partial charge in [0.2, 0.25) is 0 Å². The van der Waals surface area contributed by atoms with Crippen LogP contribution in [0.5, 0.6) is 0 Å². The normalized spacial score (nSPS) is 14.8. The number of hydrogen-bond donors (Lipinski definition) is 1. The molecule has 0 aliphatic heterocycles. The lowest BCUT2D eigenvalue weighted by molar-refractivity contribution is 0.171. The summed E-state index contributed by atoms with van der Waals surface area (Å²) in [7, 11) is 1.68. The van der Waals surface area contributed by atoms with Crippen molar-refractivity contribution in [2.75, 3.05) is 13.7 Å². The van der Waals surface area contributed by atoms with E-state index in [2.05, 4.69) is 0 Å². The largest absolute Gasteiger partial charge is 0.385 e. The Morgan fingerprint density at radius 1 is 1.31 bits per heavy atom. The van der Waals surface area contributed by atoms with Gasteiger partial charge < -0.3 is 10.5 Å². The summed E-state index contributed by atoms with van der Waals surface area (Å²) < 4.78 is 5.03. The second kappa shape index (κ2) is 5.87. The Morgan fingerprint density at radius 3 is 2.56 bits per heavy atom. The van der Waals surface area contributed by atoms with Gasteiger partial charge in [-0.2, -0.15) is 0 Å². The minimum Gasteiger partial charge on any atom is -0.385 e. The van der Waals surface area contributed by atoms with Gasteiger partial charge >= 0.3 is 0 Å². The summed E-state index contributed by atoms with van der Waals surface area (Å²) in [5.41, 5.74) is 6.98. The maximum Gasteiger partial charge on any atom is 0.0595 e. The highest BCUT2D eigenvalue weighted by Crippen LogP contribution is 2.24. The zero-order valence-electron chi connectivity index (χ0n) is 9.59. The van der Waals surface area contributed by atoms with E-state index in [1.807, 2.05) is 19.1 Å². The average molecular weight is 262 g/mol. The molecule has 0 bridgehead atoms. The fraction of sp³-hybridized carbons (Fsp3) is 0.500. The quantitative estimate of drug-likeness (QED) is 0.883. The van der Waals surface area contributed by atoms with Crippen molar-refractivity contribution in [2.45, 2.75) is 25.3 Å². The van der Waals surface area contributed by atoms with E-state index >= 15 is 0 Å². The van der Waals surface area contributed by atoms with Crippen LogP contribution in [-0.2, 0) is 11.2 Å². The van der Waals surface area contributed by atoms with Crippen LogP contribution in [0.15, 0.2) is 18.2 Å². The molecule has 1 rings (SSSR count). The molecule has 0 aliphatic rings. The number of methoxy groups -OCH3 is 1. The molecule has 1 aromatic carbocycles. The van der Waals surface area contributed by atoms with Gasteiger partial charge in [-0.3, -0.25) is 0 Å². The van der Waals surface area contributed by atoms with E-state index in [1.165, 1.54) is 0 Å². The molecule has 0 amide bonds. The van der Waals surface area contributed by atoms with E-state index < -0.39 is 0 Å². The van der Waals surface area contributed by atoms with Gasteiger partial charge in [-0.25, -0.2) is 0 Å². The summed E-state index contributed by atoms with van der Waals surface area (Å²) in [5.74, 6) is 0. The van der Waals surface area contributed by atoms with E-state index in [1.54, 1.807) is 13.2 Å². The smallest absolute Gasteiger partial charge is 0.0595 e. The number of benzene rings is 1. The number of halogens is 2. The van der Waals surface area contributed by atoms with Gasteiger partial charge in [0.1, 0.15) is 0 Å². The van der Waals surface area contributed by atoms with Gasteiger partial charge in [-0.05, 0) is 37.5 Å². The van der Waals surface area contributed by atoms with Crippen molar-refractivity contribution in [1.29, 1.82) is 0 Å². The zero-order valence-corrected chi connectivity index (χ0v) is 11.1. The van der Waals surface area contributed by atoms with Gasteiger partial charge in [0, 0.05) is 19.3 Å². The molecule has 0 saturated heterocycles. The standard InChI is InChI=1S/C12H17Cl2NO/c1-12(15,5-6-16-2)8-9-3-4-10(13)11(14)7-9/h3-4,7H,5-6,8,15H2,1-2H3. The van der Waals surface area contributed by atoms with E-state index in [0.717, 1.165) is 18.4 Å². The number of hydrogen-bond acceptors (Lipinski definition) is 2. The van der Waals surface area contributed by atoms with Crippen LogP contribution in [0.1, 0.15) is 18.9 Å². The van der Waals surface area contributed by atoms with Crippen LogP contribution in [0, 0.1) is 0 Å². The Morgan fingerprint density at radius 2 is 2.00 bits per heavy atom. The second-order valence-electron chi connectivity index (χ2n) is 4.32. The summed E-state index contributed by atoms with van der Waals surface area (Å²) >= 11 is 11.8. The maximum atomic E-state index is 6.17. The maximum absolute atomic E-state index is 6.17. The van der Waals surface area contributed by atoms with Crippen molar-refractivity contribution < 1.29 is 4.74 Å². The highest BCUT2D eigenvalue weighted by Gasteiger charge is 2.19. The Hall–Kier alpha value is -0.280. The molecule has 0 radical (unpaired) electrons. The van der Waals surface area contributed by atoms with E-state index in [-0.39, 0.29) is 5.54 Å². The molecular formula is C12H17Cl2NO. The lowest BCUT2D eigenvalue weighted by Crippen LogP contribution is -2.39. The Bertz CT molecular complexity index is 353. The van der Waals surface area contributed by atoms with Crippen LogP contribution < -0.4 is 5.73 Å². The summed E-state index contributed by atoms with van der Waals surface area (Å²) in [5, 5.41) is 1.14. The molecule has 2 N–H and O–H groups in total. The van der Waals surface area contributed by atoms with Gasteiger partial charge in [-0.15, -0.1) is 0 Å². The Kier molecular flexibility index (Phi) is 5.06. The molecular weight excluding hydrogens is 245 g/mol. The molecule has 16 heavy (non-hydrogen) atoms. The first-order chi connectivity index (χ1) is 7.44. The van der Waals surface area contributed by atoms with Gasteiger partial charge in [0.25, 0.3) is 0 Å². The van der Waals surface area contributed by atoms with Crippen molar-refractivity contribution in [3.05, 3.63) is 33.8 Å². The van der Waals surface area contributed by atoms with Crippen LogP contribution in [-0.4, -0.2) is 19.3 Å². The third-order valence-electron chi connectivity index (χ3n) is 2.47. The van der Waals surface area contributed by atoms with E-state index in [4.69, 9.17) is 33.7 Å². The van der Waals surface area contributed by atoms with Gasteiger partial charge in [-0.1, -0.05) is 29.3 Å². The molecule has 0 aromatic heterocycles. The first kappa shape index (κ1) is 13.8. The molecule has 0 spiro atoms. The topological polar surface area (TPSA) is 35.2 Å². The van der Waals surface area contributed by atoms with Crippen molar-refractivity contribution in [1.82, 2.24) is 0 Å². The molecule has 0 heterocycles. The molecule has 0 aliphatic carbocycles. The summed E-state index contributed by atoms with van der Waals surface area (Å²) in [6, 6.07) is 5.61. The van der Waals surface area contributed by atoms with Gasteiger partial charge in [0.15, 0.2) is 0 Å². The molecule has 90 valence electrons. The fourth-order valence-corrected chi connectivity index (χ4v) is 1.86. The van der Waals surface area contributed by atoms with Crippen LogP contribution in [0.3, 0.4) is 0 Å². The third kappa shape index (κ3) is 4.30. The third-order valence-corrected chi connectivity index (χ3v) is 3.21. The van der Waals surface area contributed by atoms with Crippen molar-refractivity contribution in [3.8, 4) is 0 Å². The first-order valence-electron chi connectivity index (χ1n) is 5.16. The number of ether oxygens (including phenoxy) is 1. The van der Waals surface area contributed by atoms with Crippen molar-refractivity contribution in [3.63, 3.8) is 0 Å². The molecule has 2 nitrogen and oxygen atoms in total. The Labute approximate surface area is 107 Å². The highest BCUT2D eigenvalue weighted by atomic mass is 35.5. The van der Waals surface area contributed by atoms with Crippen LogP contribution in [0.25, 0.3) is 0 Å². The van der Waals surface area contributed by atoms with Crippen molar-refractivity contribution in [2.24, 2.45) is 5.73 Å². The van der Waals surface area contributed by atoms with Crippen LogP contribution in [0.2, 0.25) is 10.0 Å². The average Bonchev–Trinajstić information content (AvgIpc) is 2.20. The first-order valence-corrected chi connectivity index (χ1v) is 5.92. The number of rotatable bonds is 5. The van der Waals surface area contributed by atoms with E-state index in [0.29, 0.717) is 16.7 Å². The van der Waals surface area contributed by atoms with Crippen molar-refractivity contribution >= 4 is 23.2 Å². The number of nitrogens with two attached hydrogens (primary N) is 1. The summed E-state index contributed by atoms with van der Waals surface area (Å²) in [6.45, 7) is 2.67. The van der Waals surface area contributed by atoms with E-state index in [9.17, 15) is 0 Å². The Balaban J connectivity index is 2.68. The molecule has 1 unspecified atom stereocenters. The van der Waals surface area contributed by atoms with Crippen LogP contribution >= 0.6 is 23.2 Å². The predicted molar refractivity (Wildman–Crippen MR) is 69.3 cm³/mol. The fourth-order valence-electron chi connectivity index (χ4n) is 1.54. The predicted octanol–water partition coefficient (Wildman–Crippen LogP) is 3.29. The minimum atomic E-state index is -0.285. The second-order valence-corrected chi connectivity index (χ2v) is 5.14. The van der Waals surface area contributed by atoms with Gasteiger partial charge in [0.05, 0.1) is 10.0 Å². The molecule has 0 fully saturated rings. The SMILES string of the molecule is COCCC(C)(N)Cc1ccc(Cl)c(Cl)c1. The summed E-state index contributed by atoms with van der Waals surface area (Å²) in [4.78, 5) is 0. The molecule has 4 heteroatoms. The highest BCUT2D eigenvalue weighted by molar-refractivity contribution is 6.42. The van der Waals surface area contributed by atoms with Crippen LogP contribution in [0.4, 0.5) is 0 Å². The lowest BCUT2D eigenvalue weighted by Gasteiger charge is -2.24. The zero-order chi connectivity index (χ0) is 12.2. The lowest BCUT2D eigenvalue weighted by atomic mass is 9.91.